The van der Waals surface area contributed by atoms with Crippen LogP contribution in [-0.2, 0) is 11.3 Å². The fraction of sp³-hybridized carbons (Fsp3) is 0.308. The number of anilines is 1. The highest BCUT2D eigenvalue weighted by molar-refractivity contribution is 6.02. The van der Waals surface area contributed by atoms with Crippen LogP contribution in [0.25, 0.3) is 11.8 Å². The van der Waals surface area contributed by atoms with Gasteiger partial charge in [0.25, 0.3) is 0 Å². The van der Waals surface area contributed by atoms with Crippen molar-refractivity contribution in [2.75, 3.05) is 12.4 Å². The molecule has 1 heterocycles. The Labute approximate surface area is 184 Å². The predicted octanol–water partition coefficient (Wildman–Crippen LogP) is 5.29. The molecule has 5 heteroatoms. The number of aromatic nitrogens is 2. The molecule has 0 radical (unpaired) electrons. The molecule has 1 aliphatic rings. The number of carbonyl (C=O) groups is 1. The van der Waals surface area contributed by atoms with E-state index in [2.05, 4.69) is 28.4 Å². The van der Waals surface area contributed by atoms with Crippen LogP contribution < -0.4 is 5.32 Å². The van der Waals surface area contributed by atoms with Crippen LogP contribution in [0.4, 0.5) is 5.69 Å². The first-order chi connectivity index (χ1) is 15.2. The summed E-state index contributed by atoms with van der Waals surface area (Å²) in [6.45, 7) is 0.842. The SMILES string of the molecule is CN(Cc1ccccc1NC(=O)/C=C/c1cnn(-c2ccccc2)c1)C1CCCCC1. The van der Waals surface area contributed by atoms with Crippen molar-refractivity contribution in [2.45, 2.75) is 44.7 Å². The molecule has 0 atom stereocenters. The summed E-state index contributed by atoms with van der Waals surface area (Å²) in [4.78, 5) is 15.0. The highest BCUT2D eigenvalue weighted by atomic mass is 16.1. The van der Waals surface area contributed by atoms with Gasteiger partial charge in [-0.3, -0.25) is 9.69 Å². The third-order valence-corrected chi connectivity index (χ3v) is 5.94. The van der Waals surface area contributed by atoms with Crippen LogP contribution in [0.15, 0.2) is 73.1 Å². The van der Waals surface area contributed by atoms with Crippen LogP contribution in [-0.4, -0.2) is 33.7 Å². The zero-order valence-corrected chi connectivity index (χ0v) is 18.1. The van der Waals surface area contributed by atoms with Crippen LogP contribution in [0.1, 0.15) is 43.2 Å². The summed E-state index contributed by atoms with van der Waals surface area (Å²) < 4.78 is 1.80. The van der Waals surface area contributed by atoms with Crippen molar-refractivity contribution in [1.82, 2.24) is 14.7 Å². The van der Waals surface area contributed by atoms with Crippen LogP contribution in [0.2, 0.25) is 0 Å². The largest absolute Gasteiger partial charge is 0.322 e. The summed E-state index contributed by atoms with van der Waals surface area (Å²) in [5, 5.41) is 7.42. The smallest absolute Gasteiger partial charge is 0.248 e. The quantitative estimate of drug-likeness (QED) is 0.535. The Balaban J connectivity index is 1.38. The molecule has 2 aromatic carbocycles. The Morgan fingerprint density at radius 2 is 1.84 bits per heavy atom. The molecule has 4 rings (SSSR count). The molecule has 1 saturated carbocycles. The minimum atomic E-state index is -0.139. The van der Waals surface area contributed by atoms with Crippen molar-refractivity contribution in [3.8, 4) is 5.69 Å². The Morgan fingerprint density at radius 1 is 1.10 bits per heavy atom. The number of hydrogen-bond donors (Lipinski definition) is 1. The molecule has 3 aromatic rings. The van der Waals surface area contributed by atoms with Crippen LogP contribution in [0.3, 0.4) is 0 Å². The maximum absolute atomic E-state index is 12.6. The highest BCUT2D eigenvalue weighted by Crippen LogP contribution is 2.25. The molecule has 0 unspecified atom stereocenters. The first-order valence-corrected chi connectivity index (χ1v) is 11.1. The molecule has 0 aliphatic heterocycles. The summed E-state index contributed by atoms with van der Waals surface area (Å²) in [5.41, 5.74) is 3.89. The first-order valence-electron chi connectivity index (χ1n) is 11.1. The van der Waals surface area contributed by atoms with Gasteiger partial charge in [0.2, 0.25) is 5.91 Å². The van der Waals surface area contributed by atoms with Gasteiger partial charge in [0.05, 0.1) is 11.9 Å². The molecule has 1 aliphatic carbocycles. The minimum absolute atomic E-state index is 0.139. The number of nitrogens with one attached hydrogen (secondary N) is 1. The average Bonchev–Trinajstić information content (AvgIpc) is 3.29. The van der Waals surface area contributed by atoms with Crippen LogP contribution in [0, 0.1) is 0 Å². The van der Waals surface area contributed by atoms with Gasteiger partial charge in [-0.1, -0.05) is 55.7 Å². The van der Waals surface area contributed by atoms with Gasteiger partial charge in [0.15, 0.2) is 0 Å². The van der Waals surface area contributed by atoms with E-state index in [-0.39, 0.29) is 5.91 Å². The molecule has 1 aromatic heterocycles. The fourth-order valence-electron chi connectivity index (χ4n) is 4.19. The van der Waals surface area contributed by atoms with Crippen LogP contribution in [0.5, 0.6) is 0 Å². The molecule has 1 amide bonds. The number of nitrogens with zero attached hydrogens (tertiary/aromatic N) is 3. The Morgan fingerprint density at radius 3 is 2.65 bits per heavy atom. The van der Waals surface area contributed by atoms with E-state index in [1.807, 2.05) is 54.7 Å². The Kier molecular flexibility index (Phi) is 6.95. The van der Waals surface area contributed by atoms with Gasteiger partial charge in [0, 0.05) is 36.1 Å². The minimum Gasteiger partial charge on any atom is -0.322 e. The molecule has 0 saturated heterocycles. The molecule has 5 nitrogen and oxygen atoms in total. The van der Waals surface area contributed by atoms with Crippen LogP contribution >= 0.6 is 0 Å². The lowest BCUT2D eigenvalue weighted by atomic mass is 9.94. The van der Waals surface area contributed by atoms with Gasteiger partial charge >= 0.3 is 0 Å². The topological polar surface area (TPSA) is 50.2 Å². The number of rotatable bonds is 7. The lowest BCUT2D eigenvalue weighted by Crippen LogP contribution is -2.33. The van der Waals surface area contributed by atoms with Gasteiger partial charge < -0.3 is 5.32 Å². The Bertz CT molecular complexity index is 1020. The number of carbonyl (C=O) groups excluding carboxylic acids is 1. The Hall–Kier alpha value is -3.18. The summed E-state index contributed by atoms with van der Waals surface area (Å²) in [6.07, 6.45) is 13.5. The van der Waals surface area contributed by atoms with E-state index in [1.165, 1.54) is 32.1 Å². The van der Waals surface area contributed by atoms with Gasteiger partial charge in [0.1, 0.15) is 0 Å². The van der Waals surface area contributed by atoms with Gasteiger partial charge in [-0.2, -0.15) is 5.10 Å². The standard InChI is InChI=1S/C26H30N4O/c1-29(23-11-4-2-5-12-23)20-22-10-8-9-15-25(22)28-26(31)17-16-21-18-27-30(19-21)24-13-6-3-7-14-24/h3,6-10,13-19,23H,2,4-5,11-12,20H2,1H3,(H,28,31)/b17-16+. The monoisotopic (exact) mass is 414 g/mol. The zero-order valence-electron chi connectivity index (χ0n) is 18.1. The van der Waals surface area contributed by atoms with Crippen molar-refractivity contribution in [3.05, 3.63) is 84.2 Å². The van der Waals surface area contributed by atoms with Crippen molar-refractivity contribution >= 4 is 17.7 Å². The molecule has 1 N–H and O–H groups in total. The predicted molar refractivity (Wildman–Crippen MR) is 126 cm³/mol. The van der Waals surface area contributed by atoms with E-state index >= 15 is 0 Å². The number of hydrogen-bond acceptors (Lipinski definition) is 3. The first kappa shape index (κ1) is 21.1. The molecule has 1 fully saturated rings. The van der Waals surface area contributed by atoms with E-state index in [9.17, 15) is 4.79 Å². The van der Waals surface area contributed by atoms with Crippen molar-refractivity contribution in [1.29, 1.82) is 0 Å². The fourth-order valence-corrected chi connectivity index (χ4v) is 4.19. The summed E-state index contributed by atoms with van der Waals surface area (Å²) >= 11 is 0. The third-order valence-electron chi connectivity index (χ3n) is 5.94. The summed E-state index contributed by atoms with van der Waals surface area (Å²) in [7, 11) is 2.19. The maximum Gasteiger partial charge on any atom is 0.248 e. The molecule has 160 valence electrons. The number of benzene rings is 2. The maximum atomic E-state index is 12.6. The van der Waals surface area contributed by atoms with E-state index in [4.69, 9.17) is 0 Å². The molecule has 0 spiro atoms. The van der Waals surface area contributed by atoms with Gasteiger partial charge in [-0.15, -0.1) is 0 Å². The number of amides is 1. The highest BCUT2D eigenvalue weighted by Gasteiger charge is 2.19. The van der Waals surface area contributed by atoms with E-state index in [0.29, 0.717) is 6.04 Å². The second-order valence-electron chi connectivity index (χ2n) is 8.24. The second-order valence-corrected chi connectivity index (χ2v) is 8.24. The van der Waals surface area contributed by atoms with Gasteiger partial charge in [-0.05, 0) is 49.7 Å². The van der Waals surface area contributed by atoms with Crippen molar-refractivity contribution in [2.24, 2.45) is 0 Å². The molecular weight excluding hydrogens is 384 g/mol. The van der Waals surface area contributed by atoms with Gasteiger partial charge in [-0.25, -0.2) is 4.68 Å². The average molecular weight is 415 g/mol. The van der Waals surface area contributed by atoms with Crippen molar-refractivity contribution in [3.63, 3.8) is 0 Å². The molecule has 31 heavy (non-hydrogen) atoms. The third kappa shape index (κ3) is 5.70. The lowest BCUT2D eigenvalue weighted by molar-refractivity contribution is -0.111. The normalized spacial score (nSPS) is 14.9. The van der Waals surface area contributed by atoms with E-state index < -0.39 is 0 Å². The second kappa shape index (κ2) is 10.2. The summed E-state index contributed by atoms with van der Waals surface area (Å²) in [5.74, 6) is -0.139. The molecular formula is C26H30N4O. The van der Waals surface area contributed by atoms with E-state index in [1.54, 1.807) is 23.0 Å². The van der Waals surface area contributed by atoms with Crippen molar-refractivity contribution < 1.29 is 4.79 Å². The lowest BCUT2D eigenvalue weighted by Gasteiger charge is -2.31. The summed E-state index contributed by atoms with van der Waals surface area (Å²) in [6, 6.07) is 18.6. The molecule has 0 bridgehead atoms. The van der Waals surface area contributed by atoms with E-state index in [0.717, 1.165) is 29.0 Å². The number of para-hydroxylation sites is 2. The zero-order chi connectivity index (χ0) is 21.5.